The van der Waals surface area contributed by atoms with Crippen molar-refractivity contribution in [3.8, 4) is 0 Å². The molecule has 1 N–H and O–H groups in total. The number of nitrogens with one attached hydrogen (secondary N) is 1. The van der Waals surface area contributed by atoms with Gasteiger partial charge in [0.15, 0.2) is 0 Å². The molecule has 5 nitrogen and oxygen atoms in total. The van der Waals surface area contributed by atoms with Crippen LogP contribution in [0.1, 0.15) is 56.6 Å². The molecule has 2 fully saturated rings. The van der Waals surface area contributed by atoms with E-state index < -0.39 is 0 Å². The highest BCUT2D eigenvalue weighted by molar-refractivity contribution is 5.79. The molecule has 1 saturated carbocycles. The van der Waals surface area contributed by atoms with Crippen molar-refractivity contribution < 1.29 is 4.79 Å². The molecule has 142 valence electrons. The highest BCUT2D eigenvalue weighted by atomic mass is 16.2. The lowest BCUT2D eigenvalue weighted by atomic mass is 9.86. The summed E-state index contributed by atoms with van der Waals surface area (Å²) in [5, 5.41) is 3.27. The Morgan fingerprint density at radius 3 is 2.63 bits per heavy atom. The second-order valence-corrected chi connectivity index (χ2v) is 7.77. The van der Waals surface area contributed by atoms with Crippen molar-refractivity contribution >= 4 is 17.4 Å². The number of pyridine rings is 2. The fraction of sp³-hybridized carbons (Fsp3) is 0.500. The standard InChI is InChI=1S/C22H28N4O/c27-22(17-7-2-1-3-8-17)26-14-6-9-18(16-26)20-12-11-19(15-24-20)25-21-10-4-5-13-23-21/h4-5,10-13,15,17-18H,1-3,6-9,14,16H2,(H,23,25)/t18-/m1/s1. The van der Waals surface area contributed by atoms with E-state index in [0.717, 1.165) is 56.0 Å². The van der Waals surface area contributed by atoms with E-state index in [9.17, 15) is 4.79 Å². The van der Waals surface area contributed by atoms with E-state index in [0.29, 0.717) is 11.8 Å². The normalized spacial score (nSPS) is 21.0. The molecule has 3 heterocycles. The van der Waals surface area contributed by atoms with Gasteiger partial charge in [-0.25, -0.2) is 4.98 Å². The van der Waals surface area contributed by atoms with Gasteiger partial charge in [-0.05, 0) is 49.9 Å². The maximum absolute atomic E-state index is 12.9. The number of hydrogen-bond acceptors (Lipinski definition) is 4. The number of piperidine rings is 1. The topological polar surface area (TPSA) is 58.1 Å². The van der Waals surface area contributed by atoms with Crippen molar-refractivity contribution in [3.63, 3.8) is 0 Å². The number of hydrogen-bond donors (Lipinski definition) is 1. The van der Waals surface area contributed by atoms with Crippen LogP contribution in [0.25, 0.3) is 0 Å². The van der Waals surface area contributed by atoms with Crippen molar-refractivity contribution in [2.45, 2.75) is 50.9 Å². The van der Waals surface area contributed by atoms with E-state index in [4.69, 9.17) is 0 Å². The molecule has 1 atom stereocenters. The van der Waals surface area contributed by atoms with Crippen LogP contribution in [0.5, 0.6) is 0 Å². The molecule has 1 amide bonds. The lowest BCUT2D eigenvalue weighted by Gasteiger charge is -2.35. The summed E-state index contributed by atoms with van der Waals surface area (Å²) in [4.78, 5) is 23.9. The van der Waals surface area contributed by atoms with Gasteiger partial charge in [0, 0.05) is 36.8 Å². The first-order valence-electron chi connectivity index (χ1n) is 10.2. The summed E-state index contributed by atoms with van der Waals surface area (Å²) in [7, 11) is 0. The number of nitrogens with zero attached hydrogens (tertiary/aromatic N) is 3. The molecule has 5 heteroatoms. The van der Waals surface area contributed by atoms with Crippen molar-refractivity contribution in [2.75, 3.05) is 18.4 Å². The van der Waals surface area contributed by atoms with Gasteiger partial charge in [0.25, 0.3) is 0 Å². The fourth-order valence-corrected chi connectivity index (χ4v) is 4.33. The van der Waals surface area contributed by atoms with E-state index in [-0.39, 0.29) is 5.92 Å². The molecular weight excluding hydrogens is 336 g/mol. The van der Waals surface area contributed by atoms with Gasteiger partial charge < -0.3 is 10.2 Å². The molecule has 2 aromatic heterocycles. The van der Waals surface area contributed by atoms with Gasteiger partial charge in [-0.15, -0.1) is 0 Å². The summed E-state index contributed by atoms with van der Waals surface area (Å²) in [6, 6.07) is 9.93. The number of carbonyl (C=O) groups is 1. The predicted molar refractivity (Wildman–Crippen MR) is 107 cm³/mol. The largest absolute Gasteiger partial charge is 0.342 e. The Kier molecular flexibility index (Phi) is 5.66. The highest BCUT2D eigenvalue weighted by Gasteiger charge is 2.30. The maximum Gasteiger partial charge on any atom is 0.225 e. The molecular formula is C22H28N4O. The third kappa shape index (κ3) is 4.46. The SMILES string of the molecule is O=C(C1CCCCC1)N1CCC[C@@H](c2ccc(Nc3ccccn3)cn2)C1. The molecule has 27 heavy (non-hydrogen) atoms. The highest BCUT2D eigenvalue weighted by Crippen LogP contribution is 2.30. The van der Waals surface area contributed by atoms with E-state index in [1.165, 1.54) is 19.3 Å². The molecule has 0 aromatic carbocycles. The molecule has 1 aliphatic heterocycles. The average molecular weight is 364 g/mol. The van der Waals surface area contributed by atoms with Gasteiger partial charge in [0.05, 0.1) is 11.9 Å². The Balaban J connectivity index is 1.38. The molecule has 0 radical (unpaired) electrons. The summed E-state index contributed by atoms with van der Waals surface area (Å²) in [6.45, 7) is 1.72. The van der Waals surface area contributed by atoms with Gasteiger partial charge in [-0.1, -0.05) is 25.3 Å². The van der Waals surface area contributed by atoms with Crippen molar-refractivity contribution in [1.82, 2.24) is 14.9 Å². The Hall–Kier alpha value is -2.43. The van der Waals surface area contributed by atoms with Crippen LogP contribution in [0.15, 0.2) is 42.7 Å². The Morgan fingerprint density at radius 2 is 1.89 bits per heavy atom. The first-order valence-corrected chi connectivity index (χ1v) is 10.2. The number of carbonyl (C=O) groups excluding carboxylic acids is 1. The second kappa shape index (κ2) is 8.51. The van der Waals surface area contributed by atoms with Crippen LogP contribution in [0.4, 0.5) is 11.5 Å². The Labute approximate surface area is 161 Å². The lowest BCUT2D eigenvalue weighted by molar-refractivity contribution is -0.137. The number of likely N-dealkylation sites (tertiary alicyclic amines) is 1. The number of rotatable bonds is 4. The van der Waals surface area contributed by atoms with Crippen molar-refractivity contribution in [1.29, 1.82) is 0 Å². The lowest BCUT2D eigenvalue weighted by Crippen LogP contribution is -2.43. The Bertz CT molecular complexity index is 741. The molecule has 4 rings (SSSR count). The van der Waals surface area contributed by atoms with Crippen molar-refractivity contribution in [2.24, 2.45) is 5.92 Å². The minimum Gasteiger partial charge on any atom is -0.342 e. The first-order chi connectivity index (χ1) is 13.3. The smallest absolute Gasteiger partial charge is 0.225 e. The third-order valence-corrected chi connectivity index (χ3v) is 5.83. The summed E-state index contributed by atoms with van der Waals surface area (Å²) < 4.78 is 0. The van der Waals surface area contributed by atoms with Crippen molar-refractivity contribution in [3.05, 3.63) is 48.4 Å². The molecule has 0 spiro atoms. The van der Waals surface area contributed by atoms with Gasteiger partial charge in [0.2, 0.25) is 5.91 Å². The second-order valence-electron chi connectivity index (χ2n) is 7.77. The van der Waals surface area contributed by atoms with E-state index in [2.05, 4.69) is 32.3 Å². The minimum absolute atomic E-state index is 0.260. The fourth-order valence-electron chi connectivity index (χ4n) is 4.33. The van der Waals surface area contributed by atoms with Crippen LogP contribution in [0.3, 0.4) is 0 Å². The van der Waals surface area contributed by atoms with Crippen LogP contribution in [0.2, 0.25) is 0 Å². The number of aromatic nitrogens is 2. The summed E-state index contributed by atoms with van der Waals surface area (Å²) in [5.74, 6) is 1.80. The van der Waals surface area contributed by atoms with Gasteiger partial charge in [0.1, 0.15) is 5.82 Å². The predicted octanol–water partition coefficient (Wildman–Crippen LogP) is 4.51. The first kappa shape index (κ1) is 18.0. The zero-order chi connectivity index (χ0) is 18.5. The third-order valence-electron chi connectivity index (χ3n) is 5.83. The molecule has 1 saturated heterocycles. The molecule has 1 aliphatic carbocycles. The zero-order valence-electron chi connectivity index (χ0n) is 15.8. The quantitative estimate of drug-likeness (QED) is 0.867. The summed E-state index contributed by atoms with van der Waals surface area (Å²) in [6.07, 6.45) is 11.7. The zero-order valence-corrected chi connectivity index (χ0v) is 15.8. The molecule has 0 unspecified atom stereocenters. The summed E-state index contributed by atoms with van der Waals surface area (Å²) in [5.41, 5.74) is 2.02. The molecule has 0 bridgehead atoms. The van der Waals surface area contributed by atoms with Gasteiger partial charge >= 0.3 is 0 Å². The van der Waals surface area contributed by atoms with Crippen LogP contribution in [0, 0.1) is 5.92 Å². The minimum atomic E-state index is 0.260. The number of amides is 1. The average Bonchev–Trinajstić information content (AvgIpc) is 2.75. The number of anilines is 2. The molecule has 2 aromatic rings. The molecule has 2 aliphatic rings. The van der Waals surface area contributed by atoms with Crippen LogP contribution in [-0.4, -0.2) is 33.9 Å². The summed E-state index contributed by atoms with van der Waals surface area (Å²) >= 11 is 0. The van der Waals surface area contributed by atoms with Crippen LogP contribution < -0.4 is 5.32 Å². The van der Waals surface area contributed by atoms with Crippen LogP contribution >= 0.6 is 0 Å². The van der Waals surface area contributed by atoms with Gasteiger partial charge in [-0.2, -0.15) is 0 Å². The van der Waals surface area contributed by atoms with E-state index >= 15 is 0 Å². The maximum atomic E-state index is 12.9. The monoisotopic (exact) mass is 364 g/mol. The van der Waals surface area contributed by atoms with Crippen LogP contribution in [-0.2, 0) is 4.79 Å². The Morgan fingerprint density at radius 1 is 1.00 bits per heavy atom. The van der Waals surface area contributed by atoms with E-state index in [1.807, 2.05) is 24.4 Å². The van der Waals surface area contributed by atoms with E-state index in [1.54, 1.807) is 6.20 Å². The van der Waals surface area contributed by atoms with Gasteiger partial charge in [-0.3, -0.25) is 9.78 Å².